The summed E-state index contributed by atoms with van der Waals surface area (Å²) in [5.41, 5.74) is 1.59. The molecule has 80 valence electrons. The van der Waals surface area contributed by atoms with Crippen molar-refractivity contribution in [2.45, 2.75) is 12.8 Å². The zero-order valence-electron chi connectivity index (χ0n) is 8.68. The number of nitriles is 1. The van der Waals surface area contributed by atoms with Crippen LogP contribution in [-0.2, 0) is 4.79 Å². The van der Waals surface area contributed by atoms with Gasteiger partial charge in [0.15, 0.2) is 5.78 Å². The molecule has 0 fully saturated rings. The van der Waals surface area contributed by atoms with E-state index in [0.717, 1.165) is 11.1 Å². The van der Waals surface area contributed by atoms with Crippen molar-refractivity contribution in [1.29, 1.82) is 5.26 Å². The van der Waals surface area contributed by atoms with Crippen molar-refractivity contribution in [3.63, 3.8) is 0 Å². The molecule has 0 saturated carbocycles. The van der Waals surface area contributed by atoms with Gasteiger partial charge in [-0.15, -0.1) is 0 Å². The summed E-state index contributed by atoms with van der Waals surface area (Å²) in [5, 5.41) is 18.2. The summed E-state index contributed by atoms with van der Waals surface area (Å²) in [6.45, 7) is 0. The number of allylic oxidation sites excluding steroid dienone is 2. The number of benzene rings is 1. The third kappa shape index (κ3) is 1.96. The van der Waals surface area contributed by atoms with Gasteiger partial charge >= 0.3 is 0 Å². The first-order valence-corrected chi connectivity index (χ1v) is 5.14. The Morgan fingerprint density at radius 1 is 1.31 bits per heavy atom. The SMILES string of the molecule is N#CC1CCC(=O)C=C1c1ccc(O)cc1. The quantitative estimate of drug-likeness (QED) is 0.778. The summed E-state index contributed by atoms with van der Waals surface area (Å²) in [6.07, 6.45) is 2.58. The lowest BCUT2D eigenvalue weighted by Crippen LogP contribution is -2.11. The molecule has 0 spiro atoms. The number of hydrogen-bond donors (Lipinski definition) is 1. The molecule has 16 heavy (non-hydrogen) atoms. The minimum atomic E-state index is -0.220. The molecule has 1 aliphatic carbocycles. The topological polar surface area (TPSA) is 61.1 Å². The molecule has 1 aliphatic rings. The van der Waals surface area contributed by atoms with Gasteiger partial charge in [-0.3, -0.25) is 4.79 Å². The fraction of sp³-hybridized carbons (Fsp3) is 0.231. The first kappa shape index (κ1) is 10.4. The summed E-state index contributed by atoms with van der Waals surface area (Å²) in [5.74, 6) is 0.0248. The number of phenolic OH excluding ortho intramolecular Hbond substituents is 1. The lowest BCUT2D eigenvalue weighted by molar-refractivity contribution is -0.115. The van der Waals surface area contributed by atoms with Gasteiger partial charge in [0.05, 0.1) is 12.0 Å². The average molecular weight is 213 g/mol. The monoisotopic (exact) mass is 213 g/mol. The van der Waals surface area contributed by atoms with E-state index >= 15 is 0 Å². The van der Waals surface area contributed by atoms with E-state index < -0.39 is 0 Å². The molecule has 1 unspecified atom stereocenters. The van der Waals surface area contributed by atoms with Crippen LogP contribution in [0.25, 0.3) is 5.57 Å². The fourth-order valence-electron chi connectivity index (χ4n) is 1.86. The largest absolute Gasteiger partial charge is 0.508 e. The number of carbonyl (C=O) groups is 1. The highest BCUT2D eigenvalue weighted by Crippen LogP contribution is 2.31. The molecule has 1 aromatic carbocycles. The van der Waals surface area contributed by atoms with Crippen molar-refractivity contribution in [3.05, 3.63) is 35.9 Å². The highest BCUT2D eigenvalue weighted by atomic mass is 16.3. The van der Waals surface area contributed by atoms with Crippen molar-refractivity contribution in [3.8, 4) is 11.8 Å². The Balaban J connectivity index is 2.41. The summed E-state index contributed by atoms with van der Waals surface area (Å²) >= 11 is 0. The molecule has 0 saturated heterocycles. The van der Waals surface area contributed by atoms with Gasteiger partial charge in [0.2, 0.25) is 0 Å². The van der Waals surface area contributed by atoms with Gasteiger partial charge in [0, 0.05) is 6.42 Å². The Labute approximate surface area is 93.6 Å². The molecule has 1 atom stereocenters. The number of hydrogen-bond acceptors (Lipinski definition) is 3. The Kier molecular flexibility index (Phi) is 2.74. The lowest BCUT2D eigenvalue weighted by atomic mass is 9.84. The van der Waals surface area contributed by atoms with E-state index in [1.165, 1.54) is 0 Å². The minimum absolute atomic E-state index is 0.0644. The van der Waals surface area contributed by atoms with Crippen LogP contribution in [0, 0.1) is 17.2 Å². The second kappa shape index (κ2) is 4.19. The van der Waals surface area contributed by atoms with Crippen molar-refractivity contribution in [1.82, 2.24) is 0 Å². The Morgan fingerprint density at radius 2 is 2.00 bits per heavy atom. The Morgan fingerprint density at radius 3 is 2.62 bits per heavy atom. The maximum absolute atomic E-state index is 11.3. The number of nitrogens with zero attached hydrogens (tertiary/aromatic N) is 1. The highest BCUT2D eigenvalue weighted by Gasteiger charge is 2.22. The first-order valence-electron chi connectivity index (χ1n) is 5.14. The second-order valence-corrected chi connectivity index (χ2v) is 3.83. The summed E-state index contributed by atoms with van der Waals surface area (Å²) in [6, 6.07) is 8.78. The van der Waals surface area contributed by atoms with E-state index in [9.17, 15) is 9.90 Å². The molecule has 2 rings (SSSR count). The summed E-state index contributed by atoms with van der Waals surface area (Å²) < 4.78 is 0. The van der Waals surface area contributed by atoms with Crippen LogP contribution in [0.4, 0.5) is 0 Å². The van der Waals surface area contributed by atoms with E-state index in [2.05, 4.69) is 6.07 Å². The number of phenols is 1. The molecule has 3 heteroatoms. The Bertz CT molecular complexity index is 480. The zero-order chi connectivity index (χ0) is 11.5. The zero-order valence-corrected chi connectivity index (χ0v) is 8.68. The van der Waals surface area contributed by atoms with Crippen LogP contribution >= 0.6 is 0 Å². The van der Waals surface area contributed by atoms with E-state index in [1.54, 1.807) is 30.3 Å². The molecule has 0 radical (unpaired) electrons. The second-order valence-electron chi connectivity index (χ2n) is 3.83. The number of rotatable bonds is 1. The van der Waals surface area contributed by atoms with Crippen LogP contribution in [0.2, 0.25) is 0 Å². The number of ketones is 1. The van der Waals surface area contributed by atoms with Crippen molar-refractivity contribution in [2.75, 3.05) is 0 Å². The molecule has 3 nitrogen and oxygen atoms in total. The fourth-order valence-corrected chi connectivity index (χ4v) is 1.86. The summed E-state index contributed by atoms with van der Waals surface area (Å²) in [7, 11) is 0. The van der Waals surface area contributed by atoms with Crippen LogP contribution < -0.4 is 0 Å². The molecule has 1 N–H and O–H groups in total. The molecule has 1 aromatic rings. The molecular formula is C13H11NO2. The van der Waals surface area contributed by atoms with E-state index in [0.29, 0.717) is 12.8 Å². The van der Waals surface area contributed by atoms with Crippen molar-refractivity contribution >= 4 is 11.4 Å². The van der Waals surface area contributed by atoms with Crippen LogP contribution in [0.5, 0.6) is 5.75 Å². The van der Waals surface area contributed by atoms with Gasteiger partial charge in [0.25, 0.3) is 0 Å². The highest BCUT2D eigenvalue weighted by molar-refractivity contribution is 5.99. The van der Waals surface area contributed by atoms with Gasteiger partial charge in [-0.1, -0.05) is 12.1 Å². The maximum atomic E-state index is 11.3. The molecule has 0 aromatic heterocycles. The van der Waals surface area contributed by atoms with Crippen LogP contribution in [-0.4, -0.2) is 10.9 Å². The molecule has 0 amide bonds. The standard InChI is InChI=1S/C13H11NO2/c14-8-10-3-6-12(16)7-13(10)9-1-4-11(15)5-2-9/h1-2,4-5,7,10,15H,3,6H2. The lowest BCUT2D eigenvalue weighted by Gasteiger charge is -2.17. The predicted octanol–water partition coefficient (Wildman–Crippen LogP) is 2.28. The van der Waals surface area contributed by atoms with Gasteiger partial charge in [-0.25, -0.2) is 0 Å². The van der Waals surface area contributed by atoms with E-state index in [1.807, 2.05) is 0 Å². The van der Waals surface area contributed by atoms with E-state index in [-0.39, 0.29) is 17.5 Å². The predicted molar refractivity (Wildman–Crippen MR) is 59.4 cm³/mol. The van der Waals surface area contributed by atoms with Crippen molar-refractivity contribution < 1.29 is 9.90 Å². The molecular weight excluding hydrogens is 202 g/mol. The third-order valence-corrected chi connectivity index (χ3v) is 2.73. The molecule has 0 bridgehead atoms. The smallest absolute Gasteiger partial charge is 0.156 e. The maximum Gasteiger partial charge on any atom is 0.156 e. The number of carbonyl (C=O) groups excluding carboxylic acids is 1. The van der Waals surface area contributed by atoms with Gasteiger partial charge < -0.3 is 5.11 Å². The van der Waals surface area contributed by atoms with Crippen LogP contribution in [0.1, 0.15) is 18.4 Å². The van der Waals surface area contributed by atoms with Crippen LogP contribution in [0.3, 0.4) is 0 Å². The van der Waals surface area contributed by atoms with Gasteiger partial charge in [-0.2, -0.15) is 5.26 Å². The van der Waals surface area contributed by atoms with E-state index in [4.69, 9.17) is 5.26 Å². The minimum Gasteiger partial charge on any atom is -0.508 e. The Hall–Kier alpha value is -2.08. The van der Waals surface area contributed by atoms with Crippen LogP contribution in [0.15, 0.2) is 30.3 Å². The van der Waals surface area contributed by atoms with Gasteiger partial charge in [-0.05, 0) is 35.8 Å². The first-order chi connectivity index (χ1) is 7.70. The normalized spacial score (nSPS) is 20.1. The molecule has 0 aliphatic heterocycles. The van der Waals surface area contributed by atoms with Gasteiger partial charge in [0.1, 0.15) is 5.75 Å². The molecule has 0 heterocycles. The number of aromatic hydroxyl groups is 1. The summed E-state index contributed by atoms with van der Waals surface area (Å²) in [4.78, 5) is 11.3. The average Bonchev–Trinajstić information content (AvgIpc) is 2.30. The third-order valence-electron chi connectivity index (χ3n) is 2.73. The van der Waals surface area contributed by atoms with Crippen molar-refractivity contribution in [2.24, 2.45) is 5.92 Å².